The van der Waals surface area contributed by atoms with Gasteiger partial charge in [0.2, 0.25) is 12.3 Å². The number of rotatable bonds is 5. The molecular formula is C20H25BrN2O. The number of Topliss-reactive ketones (excluding diaryl/α,β-unsaturated/α-hetero) is 1. The summed E-state index contributed by atoms with van der Waals surface area (Å²) in [6.07, 6.45) is 2.11. The van der Waals surface area contributed by atoms with Gasteiger partial charge in [-0.15, -0.1) is 0 Å². The van der Waals surface area contributed by atoms with Crippen LogP contribution < -0.4 is 17.0 Å². The third-order valence-electron chi connectivity index (χ3n) is 4.66. The predicted molar refractivity (Wildman–Crippen MR) is 93.7 cm³/mol. The molecule has 0 bridgehead atoms. The highest BCUT2D eigenvalue weighted by atomic mass is 79.9. The lowest BCUT2D eigenvalue weighted by Crippen LogP contribution is -3.00. The van der Waals surface area contributed by atoms with E-state index in [4.69, 9.17) is 0 Å². The van der Waals surface area contributed by atoms with E-state index in [9.17, 15) is 4.79 Å². The molecule has 0 fully saturated rings. The molecule has 24 heavy (non-hydrogen) atoms. The van der Waals surface area contributed by atoms with E-state index < -0.39 is 0 Å². The van der Waals surface area contributed by atoms with Gasteiger partial charge >= 0.3 is 0 Å². The maximum absolute atomic E-state index is 12.6. The van der Waals surface area contributed by atoms with Crippen molar-refractivity contribution in [2.24, 2.45) is 0 Å². The van der Waals surface area contributed by atoms with Crippen molar-refractivity contribution in [2.45, 2.75) is 40.2 Å². The zero-order valence-corrected chi connectivity index (χ0v) is 16.3. The molecule has 3 nitrogen and oxygen atoms in total. The zero-order chi connectivity index (χ0) is 16.4. The number of ketones is 1. The lowest BCUT2D eigenvalue weighted by atomic mass is 10.1. The van der Waals surface area contributed by atoms with Gasteiger partial charge in [0.1, 0.15) is 5.69 Å². The molecule has 0 unspecified atom stereocenters. The van der Waals surface area contributed by atoms with Crippen molar-refractivity contribution in [3.05, 3.63) is 58.9 Å². The summed E-state index contributed by atoms with van der Waals surface area (Å²) in [6.45, 7) is 8.74. The van der Waals surface area contributed by atoms with E-state index in [0.29, 0.717) is 6.54 Å². The molecule has 0 spiro atoms. The van der Waals surface area contributed by atoms with Crippen molar-refractivity contribution in [3.63, 3.8) is 0 Å². The van der Waals surface area contributed by atoms with Crippen LogP contribution >= 0.6 is 0 Å². The molecule has 1 aliphatic heterocycles. The van der Waals surface area contributed by atoms with Crippen LogP contribution in [0.5, 0.6) is 0 Å². The first-order chi connectivity index (χ1) is 11.1. The van der Waals surface area contributed by atoms with Crippen LogP contribution in [0, 0.1) is 13.8 Å². The monoisotopic (exact) mass is 388 g/mol. The lowest BCUT2D eigenvalue weighted by Gasteiger charge is -2.19. The number of hydrogen-bond donors (Lipinski definition) is 0. The van der Waals surface area contributed by atoms with Gasteiger partial charge in [0.05, 0.1) is 6.54 Å². The molecule has 0 amide bonds. The van der Waals surface area contributed by atoms with Gasteiger partial charge < -0.3 is 21.5 Å². The fourth-order valence-corrected chi connectivity index (χ4v) is 3.34. The summed E-state index contributed by atoms with van der Waals surface area (Å²) in [6, 6.07) is 12.3. The fourth-order valence-electron chi connectivity index (χ4n) is 3.34. The van der Waals surface area contributed by atoms with E-state index >= 15 is 0 Å². The van der Waals surface area contributed by atoms with Gasteiger partial charge in [0.15, 0.2) is 12.3 Å². The first-order valence-electron chi connectivity index (χ1n) is 8.47. The standard InChI is InChI=1S/C20H25N2O.BrH/c1-4-5-18-19-11-8-16(3)22(19)13-12-21(18)14-20(23)17-9-6-15(2)7-10-17;/h6-11H,4-5,12-14H2,1-3H3;1H/q+1;/p-1. The molecule has 0 radical (unpaired) electrons. The minimum atomic E-state index is 0. The minimum absolute atomic E-state index is 0. The number of halogens is 1. The molecule has 0 saturated carbocycles. The van der Waals surface area contributed by atoms with Gasteiger partial charge in [0, 0.05) is 17.7 Å². The molecule has 0 aliphatic carbocycles. The second-order valence-electron chi connectivity index (χ2n) is 6.42. The molecular weight excluding hydrogens is 364 g/mol. The van der Waals surface area contributed by atoms with Crippen LogP contribution in [0.3, 0.4) is 0 Å². The maximum atomic E-state index is 12.6. The Kier molecular flexibility index (Phi) is 6.16. The van der Waals surface area contributed by atoms with Crippen LogP contribution in [0.4, 0.5) is 0 Å². The molecule has 2 heterocycles. The Morgan fingerprint density at radius 1 is 1.12 bits per heavy atom. The Hall–Kier alpha value is -1.68. The smallest absolute Gasteiger partial charge is 0.227 e. The lowest BCUT2D eigenvalue weighted by molar-refractivity contribution is -0.519. The number of fused-ring (bicyclic) bond motifs is 1. The number of nitrogens with zero attached hydrogens (tertiary/aromatic N) is 2. The van der Waals surface area contributed by atoms with Gasteiger partial charge in [-0.05, 0) is 32.4 Å². The van der Waals surface area contributed by atoms with Gasteiger partial charge in [-0.25, -0.2) is 4.58 Å². The normalized spacial score (nSPS) is 13.5. The molecule has 2 aromatic rings. The number of hydrogen-bond acceptors (Lipinski definition) is 1. The number of aromatic nitrogens is 1. The maximum Gasteiger partial charge on any atom is 0.227 e. The van der Waals surface area contributed by atoms with Crippen LogP contribution in [0.2, 0.25) is 0 Å². The summed E-state index contributed by atoms with van der Waals surface area (Å²) in [4.78, 5) is 12.6. The van der Waals surface area contributed by atoms with E-state index in [-0.39, 0.29) is 22.8 Å². The van der Waals surface area contributed by atoms with E-state index in [1.807, 2.05) is 31.2 Å². The van der Waals surface area contributed by atoms with Crippen molar-refractivity contribution in [1.29, 1.82) is 0 Å². The number of carbonyl (C=O) groups excluding carboxylic acids is 1. The van der Waals surface area contributed by atoms with Crippen LogP contribution in [0.15, 0.2) is 36.4 Å². The minimum Gasteiger partial charge on any atom is -1.00 e. The Labute approximate surface area is 154 Å². The molecule has 0 atom stereocenters. The summed E-state index contributed by atoms with van der Waals surface area (Å²) >= 11 is 0. The summed E-state index contributed by atoms with van der Waals surface area (Å²) in [5.74, 6) is 0.204. The predicted octanol–water partition coefficient (Wildman–Crippen LogP) is 0.607. The molecule has 1 aromatic carbocycles. The van der Waals surface area contributed by atoms with Crippen LogP contribution in [-0.2, 0) is 6.54 Å². The Morgan fingerprint density at radius 2 is 1.83 bits per heavy atom. The van der Waals surface area contributed by atoms with Crippen LogP contribution in [0.1, 0.15) is 47.1 Å². The van der Waals surface area contributed by atoms with Crippen molar-refractivity contribution in [1.82, 2.24) is 4.57 Å². The second-order valence-corrected chi connectivity index (χ2v) is 6.42. The van der Waals surface area contributed by atoms with Gasteiger partial charge in [0.25, 0.3) is 0 Å². The van der Waals surface area contributed by atoms with E-state index in [2.05, 4.69) is 35.1 Å². The Balaban J connectivity index is 0.00000208. The van der Waals surface area contributed by atoms with Crippen molar-refractivity contribution in [2.75, 3.05) is 13.1 Å². The summed E-state index contributed by atoms with van der Waals surface area (Å²) in [5.41, 5.74) is 5.90. The SMILES string of the molecule is CCCC1=[N+](CC(=O)c2ccc(C)cc2)CCn2c(C)ccc21.[Br-]. The summed E-state index contributed by atoms with van der Waals surface area (Å²) < 4.78 is 4.65. The van der Waals surface area contributed by atoms with Crippen LogP contribution in [0.25, 0.3) is 0 Å². The van der Waals surface area contributed by atoms with E-state index in [1.54, 1.807) is 0 Å². The van der Waals surface area contributed by atoms with Crippen molar-refractivity contribution >= 4 is 11.5 Å². The number of aryl methyl sites for hydroxylation is 2. The molecule has 0 N–H and O–H groups in total. The highest BCUT2D eigenvalue weighted by molar-refractivity contribution is 5.99. The second kappa shape index (κ2) is 7.93. The largest absolute Gasteiger partial charge is 1.00 e. The summed E-state index contributed by atoms with van der Waals surface area (Å²) in [5, 5.41) is 0. The highest BCUT2D eigenvalue weighted by Crippen LogP contribution is 2.17. The van der Waals surface area contributed by atoms with E-state index in [1.165, 1.54) is 22.7 Å². The fraction of sp³-hybridized carbons (Fsp3) is 0.400. The van der Waals surface area contributed by atoms with Crippen molar-refractivity contribution in [3.8, 4) is 0 Å². The molecule has 1 aliphatic rings. The molecule has 128 valence electrons. The van der Waals surface area contributed by atoms with Crippen molar-refractivity contribution < 1.29 is 26.4 Å². The first kappa shape index (κ1) is 18.7. The molecule has 4 heteroatoms. The topological polar surface area (TPSA) is 25.0 Å². The Bertz CT molecular complexity index is 756. The quantitative estimate of drug-likeness (QED) is 0.544. The highest BCUT2D eigenvalue weighted by Gasteiger charge is 2.27. The third-order valence-corrected chi connectivity index (χ3v) is 4.66. The van der Waals surface area contributed by atoms with Gasteiger partial charge in [-0.1, -0.05) is 36.8 Å². The average molecular weight is 389 g/mol. The first-order valence-corrected chi connectivity index (χ1v) is 8.47. The number of benzene rings is 1. The Morgan fingerprint density at radius 3 is 2.50 bits per heavy atom. The zero-order valence-electron chi connectivity index (χ0n) is 14.7. The van der Waals surface area contributed by atoms with Gasteiger partial charge in [-0.2, -0.15) is 0 Å². The van der Waals surface area contributed by atoms with E-state index in [0.717, 1.165) is 31.5 Å². The molecule has 0 saturated heterocycles. The average Bonchev–Trinajstić information content (AvgIpc) is 2.92. The molecule has 3 rings (SSSR count). The summed E-state index contributed by atoms with van der Waals surface area (Å²) in [7, 11) is 0. The molecule has 1 aromatic heterocycles. The third kappa shape index (κ3) is 3.69. The number of carbonyl (C=O) groups is 1. The van der Waals surface area contributed by atoms with Gasteiger partial charge in [-0.3, -0.25) is 4.79 Å². The van der Waals surface area contributed by atoms with Crippen LogP contribution in [-0.4, -0.2) is 33.7 Å².